The number of nitrogens with one attached hydrogen (secondary N) is 1. The highest BCUT2D eigenvalue weighted by molar-refractivity contribution is 7.17. The van der Waals surface area contributed by atoms with Gasteiger partial charge in [0.25, 0.3) is 5.56 Å². The zero-order valence-electron chi connectivity index (χ0n) is 17.6. The molecule has 4 aromatic rings. The van der Waals surface area contributed by atoms with Crippen molar-refractivity contribution < 1.29 is 9.53 Å². The molecule has 0 aliphatic heterocycles. The van der Waals surface area contributed by atoms with Crippen molar-refractivity contribution in [3.63, 3.8) is 0 Å². The number of carbonyl (C=O) groups excluding carboxylic acids is 1. The maximum Gasteiger partial charge on any atom is 0.272 e. The van der Waals surface area contributed by atoms with Crippen LogP contribution in [-0.2, 0) is 24.3 Å². The molecule has 1 amide bonds. The first-order chi connectivity index (χ1) is 15.1. The Morgan fingerprint density at radius 1 is 1.19 bits per heavy atom. The van der Waals surface area contributed by atoms with E-state index in [1.807, 2.05) is 40.1 Å². The minimum Gasteiger partial charge on any atom is -0.497 e. The summed E-state index contributed by atoms with van der Waals surface area (Å²) in [6.07, 6.45) is 2.60. The van der Waals surface area contributed by atoms with Crippen molar-refractivity contribution in [1.82, 2.24) is 24.5 Å². The molecule has 8 nitrogen and oxygen atoms in total. The highest BCUT2D eigenvalue weighted by Crippen LogP contribution is 2.20. The Kier molecular flexibility index (Phi) is 6.31. The van der Waals surface area contributed by atoms with Gasteiger partial charge in [0, 0.05) is 25.9 Å². The molecule has 0 spiro atoms. The highest BCUT2D eigenvalue weighted by atomic mass is 32.1. The third kappa shape index (κ3) is 4.32. The lowest BCUT2D eigenvalue weighted by Crippen LogP contribution is -2.24. The van der Waals surface area contributed by atoms with Crippen LogP contribution in [0.5, 0.6) is 5.75 Å². The summed E-state index contributed by atoms with van der Waals surface area (Å²) in [6.45, 7) is 3.15. The number of benzene rings is 1. The summed E-state index contributed by atoms with van der Waals surface area (Å²) >= 11 is 1.42. The van der Waals surface area contributed by atoms with Gasteiger partial charge in [-0.25, -0.2) is 0 Å². The second kappa shape index (κ2) is 9.30. The second-order valence-corrected chi connectivity index (χ2v) is 8.24. The third-order valence-electron chi connectivity index (χ3n) is 5.24. The van der Waals surface area contributed by atoms with E-state index < -0.39 is 0 Å². The van der Waals surface area contributed by atoms with Gasteiger partial charge in [-0.1, -0.05) is 25.5 Å². The molecule has 0 saturated carbocycles. The Bertz CT molecular complexity index is 1260. The molecule has 0 radical (unpaired) electrons. The number of nitrogens with zero attached hydrogens (tertiary/aromatic N) is 4. The Morgan fingerprint density at radius 3 is 2.74 bits per heavy atom. The van der Waals surface area contributed by atoms with Crippen molar-refractivity contribution in [3.05, 3.63) is 57.5 Å². The molecular weight excluding hydrogens is 414 g/mol. The van der Waals surface area contributed by atoms with Crippen LogP contribution < -0.4 is 15.6 Å². The monoisotopic (exact) mass is 439 g/mol. The predicted molar refractivity (Wildman–Crippen MR) is 121 cm³/mol. The fourth-order valence-electron chi connectivity index (χ4n) is 3.52. The number of aryl methyl sites for hydroxylation is 2. The first-order valence-corrected chi connectivity index (χ1v) is 11.2. The number of hydrogen-bond acceptors (Lipinski definition) is 6. The van der Waals surface area contributed by atoms with Gasteiger partial charge >= 0.3 is 0 Å². The van der Waals surface area contributed by atoms with Crippen molar-refractivity contribution in [3.8, 4) is 5.75 Å². The van der Waals surface area contributed by atoms with E-state index >= 15 is 0 Å². The average Bonchev–Trinajstić information content (AvgIpc) is 3.44. The van der Waals surface area contributed by atoms with Crippen molar-refractivity contribution >= 4 is 33.2 Å². The molecule has 162 valence electrons. The largest absolute Gasteiger partial charge is 0.497 e. The van der Waals surface area contributed by atoms with Crippen LogP contribution in [0.2, 0.25) is 0 Å². The molecule has 1 N–H and O–H groups in total. The Morgan fingerprint density at radius 2 is 2.00 bits per heavy atom. The third-order valence-corrected chi connectivity index (χ3v) is 6.13. The lowest BCUT2D eigenvalue weighted by Gasteiger charge is -2.09. The molecule has 0 atom stereocenters. The van der Waals surface area contributed by atoms with Crippen LogP contribution in [0, 0.1) is 0 Å². The van der Waals surface area contributed by atoms with Crippen LogP contribution in [0.25, 0.3) is 16.0 Å². The summed E-state index contributed by atoms with van der Waals surface area (Å²) < 4.78 is 9.45. The quantitative estimate of drug-likeness (QED) is 0.433. The number of unbranched alkanes of at least 4 members (excludes halogenated alkanes) is 1. The van der Waals surface area contributed by atoms with E-state index in [1.54, 1.807) is 11.7 Å². The van der Waals surface area contributed by atoms with Gasteiger partial charge < -0.3 is 10.1 Å². The van der Waals surface area contributed by atoms with Gasteiger partial charge in [-0.3, -0.25) is 18.6 Å². The number of amides is 1. The topological polar surface area (TPSA) is 90.5 Å². The standard InChI is InChI=1S/C22H25N5O3S/c1-3-4-12-26-21(29)20-17(11-13-31-20)27-18(24-25-22(26)27)9-10-19(28)23-14-15-5-7-16(30-2)8-6-15/h5-8,11,13H,3-4,9-10,12,14H2,1-2H3,(H,23,28). The molecule has 1 aromatic carbocycles. The lowest BCUT2D eigenvalue weighted by atomic mass is 10.2. The average molecular weight is 440 g/mol. The Balaban J connectivity index is 1.50. The summed E-state index contributed by atoms with van der Waals surface area (Å²) in [5.41, 5.74) is 1.78. The molecule has 0 fully saturated rings. The first-order valence-electron chi connectivity index (χ1n) is 10.4. The van der Waals surface area contributed by atoms with Crippen LogP contribution in [-0.4, -0.2) is 32.2 Å². The van der Waals surface area contributed by atoms with Gasteiger partial charge in [-0.2, -0.15) is 0 Å². The summed E-state index contributed by atoms with van der Waals surface area (Å²) in [5, 5.41) is 13.4. The van der Waals surface area contributed by atoms with Crippen LogP contribution in [0.4, 0.5) is 0 Å². The number of hydrogen-bond donors (Lipinski definition) is 1. The number of fused-ring (bicyclic) bond motifs is 3. The molecule has 0 aliphatic rings. The van der Waals surface area contributed by atoms with E-state index in [-0.39, 0.29) is 17.9 Å². The molecule has 9 heteroatoms. The molecule has 3 aromatic heterocycles. The Hall–Kier alpha value is -3.20. The van der Waals surface area contributed by atoms with Crippen LogP contribution >= 0.6 is 11.3 Å². The maximum absolute atomic E-state index is 12.9. The SMILES string of the molecule is CCCCn1c(=O)c2sccc2n2c(CCC(=O)NCc3ccc(OC)cc3)nnc12. The number of carbonyl (C=O) groups is 1. The number of methoxy groups -OCH3 is 1. The van der Waals surface area contributed by atoms with Crippen LogP contribution in [0.3, 0.4) is 0 Å². The fraction of sp³-hybridized carbons (Fsp3) is 0.364. The van der Waals surface area contributed by atoms with Crippen LogP contribution in [0.15, 0.2) is 40.5 Å². The number of aromatic nitrogens is 4. The maximum atomic E-state index is 12.9. The van der Waals surface area contributed by atoms with Crippen molar-refractivity contribution in [1.29, 1.82) is 0 Å². The van der Waals surface area contributed by atoms with Gasteiger partial charge in [0.05, 0.1) is 12.6 Å². The molecule has 0 bridgehead atoms. The van der Waals surface area contributed by atoms with Gasteiger partial charge in [0.1, 0.15) is 16.3 Å². The van der Waals surface area contributed by atoms with E-state index in [9.17, 15) is 9.59 Å². The lowest BCUT2D eigenvalue weighted by molar-refractivity contribution is -0.121. The summed E-state index contributed by atoms with van der Waals surface area (Å²) in [4.78, 5) is 25.3. The minimum absolute atomic E-state index is 0.0258. The molecule has 31 heavy (non-hydrogen) atoms. The van der Waals surface area contributed by atoms with Gasteiger partial charge in [0.2, 0.25) is 11.7 Å². The summed E-state index contributed by atoms with van der Waals surface area (Å²) in [7, 11) is 1.62. The van der Waals surface area contributed by atoms with Gasteiger partial charge in [-0.05, 0) is 35.6 Å². The molecule has 3 heterocycles. The van der Waals surface area contributed by atoms with E-state index in [2.05, 4.69) is 22.4 Å². The molecule has 0 unspecified atom stereocenters. The van der Waals surface area contributed by atoms with Gasteiger partial charge in [-0.15, -0.1) is 21.5 Å². The smallest absolute Gasteiger partial charge is 0.272 e. The highest BCUT2D eigenvalue weighted by Gasteiger charge is 2.17. The summed E-state index contributed by atoms with van der Waals surface area (Å²) in [5.74, 6) is 1.94. The van der Waals surface area contributed by atoms with Crippen molar-refractivity contribution in [2.45, 2.75) is 45.7 Å². The molecule has 4 rings (SSSR count). The molecular formula is C22H25N5O3S. The minimum atomic E-state index is -0.0616. The predicted octanol–water partition coefficient (Wildman–Crippen LogP) is 3.16. The number of rotatable bonds is 9. The van der Waals surface area contributed by atoms with Crippen molar-refractivity contribution in [2.75, 3.05) is 7.11 Å². The van der Waals surface area contributed by atoms with E-state index in [0.29, 0.717) is 35.8 Å². The molecule has 0 saturated heterocycles. The fourth-order valence-corrected chi connectivity index (χ4v) is 4.34. The molecule has 0 aliphatic carbocycles. The zero-order valence-corrected chi connectivity index (χ0v) is 18.4. The normalized spacial score (nSPS) is 11.3. The number of thiophene rings is 1. The van der Waals surface area contributed by atoms with E-state index in [0.717, 1.165) is 29.7 Å². The zero-order chi connectivity index (χ0) is 21.8. The van der Waals surface area contributed by atoms with Gasteiger partial charge in [0.15, 0.2) is 0 Å². The van der Waals surface area contributed by atoms with E-state index in [1.165, 1.54) is 11.3 Å². The Labute approximate surface area is 183 Å². The number of ether oxygens (including phenoxy) is 1. The first kappa shape index (κ1) is 21.0. The van der Waals surface area contributed by atoms with Crippen LogP contribution in [0.1, 0.15) is 37.6 Å². The second-order valence-electron chi connectivity index (χ2n) is 7.32. The van der Waals surface area contributed by atoms with E-state index in [4.69, 9.17) is 4.74 Å². The van der Waals surface area contributed by atoms with Crippen molar-refractivity contribution in [2.24, 2.45) is 0 Å². The summed E-state index contributed by atoms with van der Waals surface area (Å²) in [6, 6.07) is 9.50.